The molecule has 1 fully saturated rings. The Labute approximate surface area is 82.5 Å². The molecular formula is C12H24O. The van der Waals surface area contributed by atoms with E-state index in [0.29, 0.717) is 11.3 Å². The normalized spacial score (nSPS) is 31.4. The molecule has 0 unspecified atom stereocenters. The minimum Gasteiger partial charge on any atom is -0.393 e. The number of rotatable bonds is 2. The second-order valence-corrected chi connectivity index (χ2v) is 5.15. The summed E-state index contributed by atoms with van der Waals surface area (Å²) >= 11 is 0. The summed E-state index contributed by atoms with van der Waals surface area (Å²) in [7, 11) is 0. The zero-order valence-electron chi connectivity index (χ0n) is 9.34. The van der Waals surface area contributed by atoms with Crippen LogP contribution in [0, 0.1) is 11.3 Å². The van der Waals surface area contributed by atoms with Gasteiger partial charge in [0.2, 0.25) is 0 Å². The Bertz CT molecular complexity index is 151. The summed E-state index contributed by atoms with van der Waals surface area (Å²) in [5, 5.41) is 10.0. The topological polar surface area (TPSA) is 20.2 Å². The highest BCUT2D eigenvalue weighted by molar-refractivity contribution is 4.84. The Kier molecular flexibility index (Phi) is 3.78. The standard InChI is InChI=1S/C12H24O/c1-4-12(2,3)10-8-6-5-7-9-11(10)13/h10-11,13H,4-9H2,1-3H3/t10-,11-/m1/s1. The minimum absolute atomic E-state index is 0.0440. The molecule has 1 aliphatic carbocycles. The fraction of sp³-hybridized carbons (Fsp3) is 1.00. The number of aliphatic hydroxyl groups excluding tert-OH is 1. The molecule has 78 valence electrons. The van der Waals surface area contributed by atoms with Gasteiger partial charge in [0.15, 0.2) is 0 Å². The molecule has 0 aromatic carbocycles. The lowest BCUT2D eigenvalue weighted by Crippen LogP contribution is -2.32. The van der Waals surface area contributed by atoms with Gasteiger partial charge in [0.1, 0.15) is 0 Å². The van der Waals surface area contributed by atoms with Crippen LogP contribution in [0.15, 0.2) is 0 Å². The molecule has 1 aliphatic rings. The van der Waals surface area contributed by atoms with E-state index in [0.717, 1.165) is 6.42 Å². The molecular weight excluding hydrogens is 160 g/mol. The van der Waals surface area contributed by atoms with Crippen LogP contribution in [0.4, 0.5) is 0 Å². The third-order valence-corrected chi connectivity index (χ3v) is 3.89. The monoisotopic (exact) mass is 184 g/mol. The molecule has 2 atom stereocenters. The zero-order valence-corrected chi connectivity index (χ0v) is 9.34. The van der Waals surface area contributed by atoms with E-state index < -0.39 is 0 Å². The Morgan fingerprint density at radius 2 is 1.77 bits per heavy atom. The van der Waals surface area contributed by atoms with Gasteiger partial charge in [-0.1, -0.05) is 46.5 Å². The van der Waals surface area contributed by atoms with Crippen LogP contribution in [0.5, 0.6) is 0 Å². The summed E-state index contributed by atoms with van der Waals surface area (Å²) in [5.41, 5.74) is 0.323. The molecule has 0 aliphatic heterocycles. The molecule has 1 nitrogen and oxygen atoms in total. The summed E-state index contributed by atoms with van der Waals surface area (Å²) in [5.74, 6) is 0.528. The summed E-state index contributed by atoms with van der Waals surface area (Å²) in [6.45, 7) is 6.83. The molecule has 0 spiro atoms. The van der Waals surface area contributed by atoms with Gasteiger partial charge in [-0.2, -0.15) is 0 Å². The van der Waals surface area contributed by atoms with E-state index in [1.165, 1.54) is 32.1 Å². The summed E-state index contributed by atoms with van der Waals surface area (Å²) < 4.78 is 0. The zero-order chi connectivity index (χ0) is 9.90. The lowest BCUT2D eigenvalue weighted by Gasteiger charge is -2.36. The second kappa shape index (κ2) is 4.45. The van der Waals surface area contributed by atoms with E-state index in [1.807, 2.05) is 0 Å². The quantitative estimate of drug-likeness (QED) is 0.652. The van der Waals surface area contributed by atoms with E-state index in [9.17, 15) is 5.11 Å². The van der Waals surface area contributed by atoms with Crippen molar-refractivity contribution in [2.45, 2.75) is 65.4 Å². The van der Waals surface area contributed by atoms with Crippen molar-refractivity contribution in [2.24, 2.45) is 11.3 Å². The van der Waals surface area contributed by atoms with E-state index in [4.69, 9.17) is 0 Å². The highest BCUT2D eigenvalue weighted by atomic mass is 16.3. The van der Waals surface area contributed by atoms with Gasteiger partial charge >= 0.3 is 0 Å². The van der Waals surface area contributed by atoms with Crippen LogP contribution in [0.1, 0.15) is 59.3 Å². The molecule has 0 saturated heterocycles. The predicted octanol–water partition coefficient (Wildman–Crippen LogP) is 3.36. The summed E-state index contributed by atoms with van der Waals surface area (Å²) in [6.07, 6.45) is 7.22. The third kappa shape index (κ3) is 2.70. The van der Waals surface area contributed by atoms with Gasteiger partial charge in [-0.25, -0.2) is 0 Å². The van der Waals surface area contributed by atoms with Gasteiger partial charge in [-0.15, -0.1) is 0 Å². The average molecular weight is 184 g/mol. The highest BCUT2D eigenvalue weighted by Crippen LogP contribution is 2.39. The number of hydrogen-bond acceptors (Lipinski definition) is 1. The largest absolute Gasteiger partial charge is 0.393 e. The Morgan fingerprint density at radius 3 is 2.38 bits per heavy atom. The molecule has 0 aromatic rings. The first-order chi connectivity index (χ1) is 6.08. The van der Waals surface area contributed by atoms with Gasteiger partial charge < -0.3 is 5.11 Å². The van der Waals surface area contributed by atoms with Crippen molar-refractivity contribution in [1.82, 2.24) is 0 Å². The van der Waals surface area contributed by atoms with Gasteiger partial charge in [-0.3, -0.25) is 0 Å². The van der Waals surface area contributed by atoms with Crippen LogP contribution in [-0.4, -0.2) is 11.2 Å². The smallest absolute Gasteiger partial charge is 0.0573 e. The molecule has 1 heteroatoms. The first kappa shape index (κ1) is 11.0. The van der Waals surface area contributed by atoms with Crippen LogP contribution in [0.3, 0.4) is 0 Å². The van der Waals surface area contributed by atoms with Crippen molar-refractivity contribution in [3.8, 4) is 0 Å². The average Bonchev–Trinajstić information content (AvgIpc) is 2.30. The van der Waals surface area contributed by atoms with Crippen molar-refractivity contribution < 1.29 is 5.11 Å². The molecule has 0 radical (unpaired) electrons. The van der Waals surface area contributed by atoms with Gasteiger partial charge in [0.25, 0.3) is 0 Å². The number of hydrogen-bond donors (Lipinski definition) is 1. The third-order valence-electron chi connectivity index (χ3n) is 3.89. The van der Waals surface area contributed by atoms with Gasteiger partial charge in [0, 0.05) is 0 Å². The van der Waals surface area contributed by atoms with Crippen molar-refractivity contribution >= 4 is 0 Å². The lowest BCUT2D eigenvalue weighted by atomic mass is 9.72. The first-order valence-corrected chi connectivity index (χ1v) is 5.76. The maximum atomic E-state index is 10.0. The molecule has 0 heterocycles. The predicted molar refractivity (Wildman–Crippen MR) is 56.7 cm³/mol. The van der Waals surface area contributed by atoms with Crippen molar-refractivity contribution in [1.29, 1.82) is 0 Å². The molecule has 0 amide bonds. The maximum absolute atomic E-state index is 10.0. The highest BCUT2D eigenvalue weighted by Gasteiger charge is 2.33. The van der Waals surface area contributed by atoms with Crippen LogP contribution in [0.25, 0.3) is 0 Å². The fourth-order valence-corrected chi connectivity index (χ4v) is 2.46. The van der Waals surface area contributed by atoms with Gasteiger partial charge in [0.05, 0.1) is 6.10 Å². The molecule has 13 heavy (non-hydrogen) atoms. The second-order valence-electron chi connectivity index (χ2n) is 5.15. The molecule has 1 rings (SSSR count). The maximum Gasteiger partial charge on any atom is 0.0573 e. The van der Waals surface area contributed by atoms with Crippen LogP contribution in [-0.2, 0) is 0 Å². The first-order valence-electron chi connectivity index (χ1n) is 5.76. The summed E-state index contributed by atoms with van der Waals surface area (Å²) in [4.78, 5) is 0. The lowest BCUT2D eigenvalue weighted by molar-refractivity contribution is 0.0269. The molecule has 0 bridgehead atoms. The van der Waals surface area contributed by atoms with E-state index in [1.54, 1.807) is 0 Å². The van der Waals surface area contributed by atoms with Crippen LogP contribution in [0.2, 0.25) is 0 Å². The SMILES string of the molecule is CCC(C)(C)[C@@H]1CCCCC[C@H]1O. The van der Waals surface area contributed by atoms with E-state index in [-0.39, 0.29) is 6.10 Å². The summed E-state index contributed by atoms with van der Waals surface area (Å²) in [6, 6.07) is 0. The molecule has 1 saturated carbocycles. The Balaban J connectivity index is 2.63. The van der Waals surface area contributed by atoms with Crippen molar-refractivity contribution in [3.05, 3.63) is 0 Å². The minimum atomic E-state index is -0.0440. The van der Waals surface area contributed by atoms with Crippen LogP contribution >= 0.6 is 0 Å². The van der Waals surface area contributed by atoms with Crippen molar-refractivity contribution in [2.75, 3.05) is 0 Å². The van der Waals surface area contributed by atoms with Crippen LogP contribution < -0.4 is 0 Å². The fourth-order valence-electron chi connectivity index (χ4n) is 2.46. The van der Waals surface area contributed by atoms with E-state index in [2.05, 4.69) is 20.8 Å². The Hall–Kier alpha value is -0.0400. The van der Waals surface area contributed by atoms with Crippen molar-refractivity contribution in [3.63, 3.8) is 0 Å². The Morgan fingerprint density at radius 1 is 1.15 bits per heavy atom. The molecule has 1 N–H and O–H groups in total. The van der Waals surface area contributed by atoms with E-state index >= 15 is 0 Å². The van der Waals surface area contributed by atoms with Gasteiger partial charge in [-0.05, 0) is 24.2 Å². The molecule has 0 aromatic heterocycles. The number of aliphatic hydroxyl groups is 1.